The number of nitrogens with one attached hydrogen (secondary N) is 1. The second kappa shape index (κ2) is 11.7. The summed E-state index contributed by atoms with van der Waals surface area (Å²) in [6.07, 6.45) is 0.636. The molecule has 1 heterocycles. The Balaban J connectivity index is 1.49. The van der Waals surface area contributed by atoms with Gasteiger partial charge in [-0.2, -0.15) is 0 Å². The molecule has 0 bridgehead atoms. The fourth-order valence-corrected chi connectivity index (χ4v) is 3.97. The van der Waals surface area contributed by atoms with Crippen LogP contribution in [0.1, 0.15) is 5.56 Å². The minimum absolute atomic E-state index is 0.0972. The lowest BCUT2D eigenvalue weighted by atomic mass is 10.1. The lowest BCUT2D eigenvalue weighted by Gasteiger charge is -2.18. The number of ether oxygens (including phenoxy) is 3. The first-order valence-electron chi connectivity index (χ1n) is 11.1. The molecule has 0 saturated heterocycles. The number of fused-ring (bicyclic) bond motifs is 1. The van der Waals surface area contributed by atoms with Gasteiger partial charge in [0, 0.05) is 23.2 Å². The third-order valence-electron chi connectivity index (χ3n) is 5.50. The summed E-state index contributed by atoms with van der Waals surface area (Å²) >= 11 is 10.5. The average molecular weight is 578 g/mol. The number of thiol groups is 1. The van der Waals surface area contributed by atoms with Gasteiger partial charge >= 0.3 is 6.03 Å². The van der Waals surface area contributed by atoms with Crippen LogP contribution < -0.4 is 23.8 Å². The van der Waals surface area contributed by atoms with Crippen molar-refractivity contribution in [1.82, 2.24) is 10.3 Å². The number of nitrogens with zero attached hydrogens (tertiary/aromatic N) is 2. The summed E-state index contributed by atoms with van der Waals surface area (Å²) in [6.45, 7) is 0. The van der Waals surface area contributed by atoms with Gasteiger partial charge in [-0.25, -0.2) is 22.3 Å². The highest BCUT2D eigenvalue weighted by atomic mass is 35.5. The highest BCUT2D eigenvalue weighted by Crippen LogP contribution is 2.39. The van der Waals surface area contributed by atoms with E-state index in [4.69, 9.17) is 25.8 Å². The molecule has 13 heteroatoms. The van der Waals surface area contributed by atoms with Crippen molar-refractivity contribution in [1.29, 1.82) is 0 Å². The van der Waals surface area contributed by atoms with Gasteiger partial charge in [0.25, 0.3) is 0 Å². The zero-order chi connectivity index (χ0) is 28.3. The van der Waals surface area contributed by atoms with E-state index in [9.17, 15) is 22.8 Å². The monoisotopic (exact) mass is 577 g/mol. The number of hydrogen-bond acceptors (Lipinski definition) is 7. The van der Waals surface area contributed by atoms with Gasteiger partial charge < -0.3 is 14.2 Å². The Kier molecular flexibility index (Phi) is 8.36. The number of aromatic nitrogens is 1. The summed E-state index contributed by atoms with van der Waals surface area (Å²) in [6, 6.07) is 9.54. The van der Waals surface area contributed by atoms with Crippen molar-refractivity contribution in [2.75, 3.05) is 18.5 Å². The first-order valence-corrected chi connectivity index (χ1v) is 11.8. The van der Waals surface area contributed by atoms with Crippen LogP contribution in [0.3, 0.4) is 0 Å². The predicted molar refractivity (Wildman–Crippen MR) is 141 cm³/mol. The van der Waals surface area contributed by atoms with Crippen LogP contribution in [-0.4, -0.2) is 31.1 Å². The van der Waals surface area contributed by atoms with Crippen LogP contribution in [0.5, 0.6) is 23.0 Å². The molecule has 0 aliphatic carbocycles. The van der Waals surface area contributed by atoms with Crippen LogP contribution >= 0.6 is 24.4 Å². The third-order valence-corrected chi connectivity index (χ3v) is 6.21. The Hall–Kier alpha value is -4.16. The molecular weight excluding hydrogens is 559 g/mol. The fraction of sp³-hybridized carbons (Fsp3) is 0.115. The van der Waals surface area contributed by atoms with Gasteiger partial charge in [0.15, 0.2) is 23.1 Å². The van der Waals surface area contributed by atoms with Crippen LogP contribution in [-0.2, 0) is 11.2 Å². The third kappa shape index (κ3) is 5.96. The second-order valence-corrected chi connectivity index (χ2v) is 8.72. The molecular formula is C26H19ClF3N3O5S. The molecule has 3 amide bonds. The number of carbonyl (C=O) groups is 2. The molecule has 4 aromatic rings. The molecule has 1 N–H and O–H groups in total. The highest BCUT2D eigenvalue weighted by Gasteiger charge is 2.21. The van der Waals surface area contributed by atoms with Crippen molar-refractivity contribution in [2.24, 2.45) is 0 Å². The van der Waals surface area contributed by atoms with E-state index >= 15 is 0 Å². The summed E-state index contributed by atoms with van der Waals surface area (Å²) in [7, 11) is 3.01. The first kappa shape index (κ1) is 27.9. The molecule has 8 nitrogen and oxygen atoms in total. The zero-order valence-electron chi connectivity index (χ0n) is 20.3. The normalized spacial score (nSPS) is 10.7. The molecule has 3 aromatic carbocycles. The SMILES string of the molecule is COc1cc2nccc(Oc3ccc(N(S)C(=O)NC(=O)Cc4c(F)ccc(F)c4F)cc3Cl)c2cc1OC. The smallest absolute Gasteiger partial charge is 0.338 e. The number of urea groups is 1. The second-order valence-electron chi connectivity index (χ2n) is 7.91. The molecule has 202 valence electrons. The molecule has 39 heavy (non-hydrogen) atoms. The van der Waals surface area contributed by atoms with Crippen molar-refractivity contribution in [3.8, 4) is 23.0 Å². The van der Waals surface area contributed by atoms with Gasteiger partial charge in [-0.05, 0) is 42.5 Å². The fourth-order valence-electron chi connectivity index (χ4n) is 3.58. The lowest BCUT2D eigenvalue weighted by molar-refractivity contribution is -0.119. The van der Waals surface area contributed by atoms with E-state index in [0.717, 1.165) is 4.31 Å². The molecule has 0 atom stereocenters. The summed E-state index contributed by atoms with van der Waals surface area (Å²) in [5.74, 6) is -3.42. The van der Waals surface area contributed by atoms with Crippen LogP contribution in [0.2, 0.25) is 5.02 Å². The van der Waals surface area contributed by atoms with E-state index in [-0.39, 0.29) is 16.5 Å². The van der Waals surface area contributed by atoms with Crippen LogP contribution in [0.15, 0.2) is 54.7 Å². The van der Waals surface area contributed by atoms with Crippen molar-refractivity contribution in [3.63, 3.8) is 0 Å². The number of rotatable bonds is 7. The molecule has 4 rings (SSSR count). The van der Waals surface area contributed by atoms with E-state index in [0.29, 0.717) is 40.3 Å². The Morgan fingerprint density at radius 3 is 2.33 bits per heavy atom. The molecule has 0 fully saturated rings. The Bertz CT molecular complexity index is 1590. The minimum Gasteiger partial charge on any atom is -0.493 e. The standard InChI is InChI=1S/C26H19ClF3N3O5S/c1-36-22-10-15-19(12-23(22)37-2)31-8-7-20(15)38-21-6-3-13(9-16(21)27)33(39)26(35)32-24(34)11-14-17(28)4-5-18(29)25(14)30/h3-10,12,39H,11H2,1-2H3,(H,32,34,35). The Labute approximate surface area is 230 Å². The summed E-state index contributed by atoms with van der Waals surface area (Å²) in [5, 5.41) is 2.65. The van der Waals surface area contributed by atoms with Gasteiger partial charge in [-0.3, -0.25) is 15.1 Å². The number of benzene rings is 3. The van der Waals surface area contributed by atoms with E-state index in [1.54, 1.807) is 24.4 Å². The van der Waals surface area contributed by atoms with E-state index in [1.807, 2.05) is 5.32 Å². The predicted octanol–water partition coefficient (Wildman–Crippen LogP) is 6.25. The quantitative estimate of drug-likeness (QED) is 0.199. The molecule has 1 aromatic heterocycles. The van der Waals surface area contributed by atoms with Crippen molar-refractivity contribution < 1.29 is 37.0 Å². The van der Waals surface area contributed by atoms with Gasteiger partial charge in [-0.1, -0.05) is 24.4 Å². The maximum atomic E-state index is 13.8. The van der Waals surface area contributed by atoms with Crippen LogP contribution in [0, 0.1) is 17.5 Å². The Morgan fingerprint density at radius 1 is 0.949 bits per heavy atom. The summed E-state index contributed by atoms with van der Waals surface area (Å²) in [5.41, 5.74) is -0.0795. The van der Waals surface area contributed by atoms with Gasteiger partial charge in [-0.15, -0.1) is 0 Å². The number of amides is 3. The van der Waals surface area contributed by atoms with E-state index in [2.05, 4.69) is 17.8 Å². The van der Waals surface area contributed by atoms with Crippen molar-refractivity contribution in [2.45, 2.75) is 6.42 Å². The number of carbonyl (C=O) groups excluding carboxylic acids is 2. The number of hydrogen-bond donors (Lipinski definition) is 2. The molecule has 0 spiro atoms. The molecule has 0 radical (unpaired) electrons. The number of anilines is 1. The maximum absolute atomic E-state index is 13.8. The first-order chi connectivity index (χ1) is 18.6. The summed E-state index contributed by atoms with van der Waals surface area (Å²) in [4.78, 5) is 29.0. The molecule has 0 unspecified atom stereocenters. The topological polar surface area (TPSA) is 90.0 Å². The molecule has 0 aliphatic heterocycles. The molecule has 0 aliphatic rings. The van der Waals surface area contributed by atoms with Crippen molar-refractivity contribution >= 4 is 52.9 Å². The number of methoxy groups -OCH3 is 2. The van der Waals surface area contributed by atoms with Crippen molar-refractivity contribution in [3.05, 3.63) is 82.8 Å². The maximum Gasteiger partial charge on any atom is 0.338 e. The van der Waals surface area contributed by atoms with E-state index < -0.39 is 41.4 Å². The number of halogens is 4. The minimum atomic E-state index is -1.51. The van der Waals surface area contributed by atoms with Gasteiger partial charge in [0.05, 0.1) is 36.9 Å². The summed E-state index contributed by atoms with van der Waals surface area (Å²) < 4.78 is 58.4. The van der Waals surface area contributed by atoms with Gasteiger partial charge in [0.1, 0.15) is 17.3 Å². The average Bonchev–Trinajstić information content (AvgIpc) is 2.93. The van der Waals surface area contributed by atoms with Gasteiger partial charge in [0.2, 0.25) is 5.91 Å². The number of imide groups is 1. The van der Waals surface area contributed by atoms with Crippen LogP contribution in [0.25, 0.3) is 10.9 Å². The molecule has 0 saturated carbocycles. The van der Waals surface area contributed by atoms with E-state index in [1.165, 1.54) is 32.4 Å². The zero-order valence-corrected chi connectivity index (χ0v) is 21.9. The lowest BCUT2D eigenvalue weighted by Crippen LogP contribution is -2.39. The number of pyridine rings is 1. The highest BCUT2D eigenvalue weighted by molar-refractivity contribution is 7.82. The Morgan fingerprint density at radius 2 is 1.64 bits per heavy atom. The van der Waals surface area contributed by atoms with Crippen LogP contribution in [0.4, 0.5) is 23.7 Å². The largest absolute Gasteiger partial charge is 0.493 e.